The maximum Gasteiger partial charge on any atom is 0.307 e. The van der Waals surface area contributed by atoms with Gasteiger partial charge in [0, 0.05) is 5.41 Å². The quantitative estimate of drug-likeness (QED) is 0.846. The van der Waals surface area contributed by atoms with Crippen molar-refractivity contribution in [3.63, 3.8) is 0 Å². The van der Waals surface area contributed by atoms with Crippen LogP contribution in [0.25, 0.3) is 5.57 Å². The molecule has 0 bridgehead atoms. The molecule has 2 rings (SSSR count). The zero-order valence-corrected chi connectivity index (χ0v) is 9.41. The number of hydrogen-bond acceptors (Lipinski definition) is 3. The molecular weight excluding hydrogens is 228 g/mol. The maximum absolute atomic E-state index is 11.8. The Morgan fingerprint density at radius 3 is 2.69 bits per heavy atom. The molecule has 1 aromatic carbocycles. The van der Waals surface area contributed by atoms with E-state index in [0.29, 0.717) is 16.7 Å². The fourth-order valence-corrected chi connectivity index (χ4v) is 3.64. The van der Waals surface area contributed by atoms with Crippen molar-refractivity contribution in [3.8, 4) is 0 Å². The van der Waals surface area contributed by atoms with E-state index in [1.165, 1.54) is 11.5 Å². The third kappa shape index (κ3) is 1.63. The molecule has 1 heterocycles. The van der Waals surface area contributed by atoms with Crippen LogP contribution < -0.4 is 0 Å². The molecule has 1 aliphatic heterocycles. The molecule has 0 atom stereocenters. The summed E-state index contributed by atoms with van der Waals surface area (Å²) in [5.74, 6) is -1.03. The second-order valence-electron chi connectivity index (χ2n) is 3.71. The summed E-state index contributed by atoms with van der Waals surface area (Å²) in [6.07, 6.45) is -0.274. The average Bonchev–Trinajstić information content (AvgIpc) is 2.37. The highest BCUT2D eigenvalue weighted by molar-refractivity contribution is 7.95. The third-order valence-corrected chi connectivity index (χ3v) is 4.19. The molecule has 1 aromatic rings. The van der Waals surface area contributed by atoms with Crippen molar-refractivity contribution in [2.75, 3.05) is 0 Å². The van der Waals surface area contributed by atoms with E-state index in [1.54, 1.807) is 19.1 Å². The van der Waals surface area contributed by atoms with Crippen LogP contribution in [0.3, 0.4) is 0 Å². The number of rotatable bonds is 2. The Hall–Kier alpha value is -1.62. The van der Waals surface area contributed by atoms with Crippen LogP contribution in [-0.4, -0.2) is 19.5 Å². The lowest BCUT2D eigenvalue weighted by atomic mass is 10.0. The molecule has 0 radical (unpaired) electrons. The molecule has 1 aliphatic rings. The van der Waals surface area contributed by atoms with Crippen LogP contribution in [0.2, 0.25) is 0 Å². The summed E-state index contributed by atoms with van der Waals surface area (Å²) in [4.78, 5) is 10.8. The molecule has 0 spiro atoms. The van der Waals surface area contributed by atoms with Crippen LogP contribution >= 0.6 is 0 Å². The van der Waals surface area contributed by atoms with E-state index < -0.39 is 15.8 Å². The van der Waals surface area contributed by atoms with Gasteiger partial charge in [0.2, 0.25) is 9.84 Å². The number of carboxylic acids is 1. The summed E-state index contributed by atoms with van der Waals surface area (Å²) in [6, 6.07) is 4.91. The number of carbonyl (C=O) groups is 1. The van der Waals surface area contributed by atoms with Gasteiger partial charge in [-0.15, -0.1) is 0 Å². The Bertz CT molecular complexity index is 596. The van der Waals surface area contributed by atoms with Crippen LogP contribution in [-0.2, 0) is 21.1 Å². The molecule has 0 fully saturated rings. The van der Waals surface area contributed by atoms with E-state index in [0.717, 1.165) is 0 Å². The first-order valence-corrected chi connectivity index (χ1v) is 6.24. The Kier molecular flexibility index (Phi) is 2.35. The molecule has 0 aliphatic carbocycles. The Labute approximate surface area is 93.1 Å². The van der Waals surface area contributed by atoms with Gasteiger partial charge in [-0.1, -0.05) is 18.2 Å². The summed E-state index contributed by atoms with van der Waals surface area (Å²) < 4.78 is 23.6. The smallest absolute Gasteiger partial charge is 0.307 e. The molecule has 16 heavy (non-hydrogen) atoms. The number of benzene rings is 1. The van der Waals surface area contributed by atoms with Crippen LogP contribution in [0.1, 0.15) is 18.1 Å². The van der Waals surface area contributed by atoms with E-state index in [4.69, 9.17) is 5.11 Å². The minimum Gasteiger partial charge on any atom is -0.481 e. The third-order valence-electron chi connectivity index (χ3n) is 2.48. The topological polar surface area (TPSA) is 71.4 Å². The molecule has 0 saturated carbocycles. The van der Waals surface area contributed by atoms with Gasteiger partial charge < -0.3 is 5.11 Å². The zero-order valence-electron chi connectivity index (χ0n) is 8.60. The highest BCUT2D eigenvalue weighted by Gasteiger charge is 2.28. The highest BCUT2D eigenvalue weighted by Crippen LogP contribution is 2.35. The molecule has 0 unspecified atom stereocenters. The number of hydrogen-bond donors (Lipinski definition) is 1. The molecule has 0 aromatic heterocycles. The van der Waals surface area contributed by atoms with Gasteiger partial charge in [-0.05, 0) is 23.6 Å². The number of allylic oxidation sites excluding steroid dienone is 1. The number of aliphatic carboxylic acids is 1. The van der Waals surface area contributed by atoms with Crippen molar-refractivity contribution in [1.82, 2.24) is 0 Å². The van der Waals surface area contributed by atoms with Crippen LogP contribution in [0.5, 0.6) is 0 Å². The second-order valence-corrected chi connectivity index (χ2v) is 5.44. The van der Waals surface area contributed by atoms with E-state index in [9.17, 15) is 13.2 Å². The predicted octanol–water partition coefficient (Wildman–Crippen LogP) is 1.46. The van der Waals surface area contributed by atoms with Gasteiger partial charge in [0.25, 0.3) is 0 Å². The van der Waals surface area contributed by atoms with E-state index in [1.807, 2.05) is 0 Å². The fraction of sp³-hybridized carbons (Fsp3) is 0.182. The van der Waals surface area contributed by atoms with Gasteiger partial charge >= 0.3 is 5.97 Å². The van der Waals surface area contributed by atoms with Crippen molar-refractivity contribution in [3.05, 3.63) is 34.7 Å². The van der Waals surface area contributed by atoms with Gasteiger partial charge in [-0.2, -0.15) is 0 Å². The predicted molar refractivity (Wildman–Crippen MR) is 58.6 cm³/mol. The Morgan fingerprint density at radius 2 is 2.06 bits per heavy atom. The summed E-state index contributed by atoms with van der Waals surface area (Å²) >= 11 is 0. The summed E-state index contributed by atoms with van der Waals surface area (Å²) in [7, 11) is -3.46. The van der Waals surface area contributed by atoms with Gasteiger partial charge in [0.1, 0.15) is 0 Å². The summed E-state index contributed by atoms with van der Waals surface area (Å²) in [6.45, 7) is 1.70. The molecule has 4 nitrogen and oxygen atoms in total. The first kappa shape index (κ1) is 10.9. The second kappa shape index (κ2) is 3.45. The van der Waals surface area contributed by atoms with Crippen LogP contribution in [0.15, 0.2) is 28.5 Å². The summed E-state index contributed by atoms with van der Waals surface area (Å²) in [5.41, 5.74) is 1.61. The number of fused-ring (bicyclic) bond motifs is 1. The molecular formula is C11H10O4S. The zero-order chi connectivity index (χ0) is 11.9. The lowest BCUT2D eigenvalue weighted by Gasteiger charge is -2.06. The Morgan fingerprint density at radius 1 is 1.38 bits per heavy atom. The molecule has 1 N–H and O–H groups in total. The largest absolute Gasteiger partial charge is 0.481 e. The van der Waals surface area contributed by atoms with E-state index in [2.05, 4.69) is 0 Å². The van der Waals surface area contributed by atoms with Gasteiger partial charge in [-0.3, -0.25) is 4.79 Å². The first-order valence-electron chi connectivity index (χ1n) is 4.69. The van der Waals surface area contributed by atoms with Crippen molar-refractivity contribution >= 4 is 21.4 Å². The SMILES string of the molecule is CC1=CS(=O)(=O)c2c(CC(=O)O)cccc21. The lowest BCUT2D eigenvalue weighted by molar-refractivity contribution is -0.136. The molecule has 0 amide bonds. The highest BCUT2D eigenvalue weighted by atomic mass is 32.2. The fourth-order valence-electron chi connectivity index (χ4n) is 1.89. The first-order chi connectivity index (χ1) is 7.42. The summed E-state index contributed by atoms with van der Waals surface area (Å²) in [5, 5.41) is 9.91. The van der Waals surface area contributed by atoms with Crippen molar-refractivity contribution in [2.45, 2.75) is 18.2 Å². The molecule has 84 valence electrons. The number of sulfone groups is 1. The van der Waals surface area contributed by atoms with Crippen molar-refractivity contribution in [1.29, 1.82) is 0 Å². The maximum atomic E-state index is 11.8. The standard InChI is InChI=1S/C11H10O4S/c1-7-6-16(14,15)11-8(5-10(12)13)3-2-4-9(7)11/h2-4,6H,5H2,1H3,(H,12,13). The van der Waals surface area contributed by atoms with Crippen LogP contribution in [0, 0.1) is 0 Å². The lowest BCUT2D eigenvalue weighted by Crippen LogP contribution is -2.06. The van der Waals surface area contributed by atoms with E-state index >= 15 is 0 Å². The van der Waals surface area contributed by atoms with E-state index in [-0.39, 0.29) is 11.3 Å². The normalized spacial score (nSPS) is 16.7. The van der Waals surface area contributed by atoms with Gasteiger partial charge in [-0.25, -0.2) is 8.42 Å². The van der Waals surface area contributed by atoms with Crippen molar-refractivity contribution in [2.24, 2.45) is 0 Å². The molecule has 0 saturated heterocycles. The molecule has 5 heteroatoms. The Balaban J connectivity index is 2.68. The number of carboxylic acid groups (broad SMARTS) is 1. The van der Waals surface area contributed by atoms with Gasteiger partial charge in [0.15, 0.2) is 0 Å². The minimum absolute atomic E-state index is 0.148. The van der Waals surface area contributed by atoms with Crippen molar-refractivity contribution < 1.29 is 18.3 Å². The average molecular weight is 238 g/mol. The van der Waals surface area contributed by atoms with Gasteiger partial charge in [0.05, 0.1) is 11.3 Å². The monoisotopic (exact) mass is 238 g/mol. The van der Waals surface area contributed by atoms with Crippen LogP contribution in [0.4, 0.5) is 0 Å². The minimum atomic E-state index is -3.46.